The molecule has 0 bridgehead atoms. The Hall–Kier alpha value is -1.67. The predicted octanol–water partition coefficient (Wildman–Crippen LogP) is 5.63. The highest BCUT2D eigenvalue weighted by atomic mass is 19.4. The van der Waals surface area contributed by atoms with E-state index in [2.05, 4.69) is 4.98 Å². The lowest BCUT2D eigenvalue weighted by atomic mass is 9.75. The third kappa shape index (κ3) is 8.07. The quantitative estimate of drug-likeness (QED) is 0.392. The maximum Gasteiger partial charge on any atom is 0.433 e. The van der Waals surface area contributed by atoms with E-state index in [0.29, 0.717) is 19.8 Å². The number of carbonyl (C=O) groups is 1. The first-order valence-corrected chi connectivity index (χ1v) is 11.3. The molecular weight excluding hydrogens is 409 g/mol. The summed E-state index contributed by atoms with van der Waals surface area (Å²) in [6.07, 6.45) is 2.35. The van der Waals surface area contributed by atoms with E-state index in [9.17, 15) is 18.0 Å². The fourth-order valence-corrected chi connectivity index (χ4v) is 4.05. The summed E-state index contributed by atoms with van der Waals surface area (Å²) in [7, 11) is 0. The van der Waals surface area contributed by atoms with E-state index >= 15 is 0 Å². The number of pyridine rings is 1. The summed E-state index contributed by atoms with van der Waals surface area (Å²) in [4.78, 5) is 18.0. The molecule has 1 amide bonds. The smallest absolute Gasteiger partial charge is 0.382 e. The lowest BCUT2D eigenvalue weighted by Crippen LogP contribution is -2.44. The van der Waals surface area contributed by atoms with Gasteiger partial charge in [0.25, 0.3) is 0 Å². The summed E-state index contributed by atoms with van der Waals surface area (Å²) >= 11 is 0. The summed E-state index contributed by atoms with van der Waals surface area (Å²) in [6.45, 7) is 6.79. The Kier molecular flexibility index (Phi) is 10.2. The van der Waals surface area contributed by atoms with E-state index in [1.54, 1.807) is 6.92 Å². The summed E-state index contributed by atoms with van der Waals surface area (Å²) in [5, 5.41) is 0. The molecule has 0 unspecified atom stereocenters. The molecular formula is C23H35F3N2O3. The van der Waals surface area contributed by atoms with E-state index in [1.807, 2.05) is 6.92 Å². The first-order valence-electron chi connectivity index (χ1n) is 11.3. The van der Waals surface area contributed by atoms with E-state index in [-0.39, 0.29) is 23.6 Å². The molecule has 1 aliphatic rings. The van der Waals surface area contributed by atoms with Crippen molar-refractivity contribution in [1.29, 1.82) is 0 Å². The largest absolute Gasteiger partial charge is 0.433 e. The van der Waals surface area contributed by atoms with Gasteiger partial charge in [-0.15, -0.1) is 0 Å². The third-order valence-electron chi connectivity index (χ3n) is 5.90. The molecule has 8 heteroatoms. The van der Waals surface area contributed by atoms with Crippen LogP contribution in [0.4, 0.5) is 19.0 Å². The van der Waals surface area contributed by atoms with Crippen LogP contribution in [-0.4, -0.2) is 43.9 Å². The number of nitrogens with zero attached hydrogens (tertiary/aromatic N) is 2. The fourth-order valence-electron chi connectivity index (χ4n) is 4.05. The number of hydrogen-bond acceptors (Lipinski definition) is 4. The molecule has 1 aromatic rings. The molecule has 0 N–H and O–H groups in total. The van der Waals surface area contributed by atoms with Crippen molar-refractivity contribution < 1.29 is 27.4 Å². The minimum atomic E-state index is -4.55. The van der Waals surface area contributed by atoms with Crippen LogP contribution in [0.3, 0.4) is 0 Å². The molecule has 176 valence electrons. The second-order valence-electron chi connectivity index (χ2n) is 8.19. The zero-order valence-electron chi connectivity index (χ0n) is 18.7. The summed E-state index contributed by atoms with van der Waals surface area (Å²) in [6, 6.07) is 3.74. The summed E-state index contributed by atoms with van der Waals surface area (Å²) in [5.41, 5.74) is -1.15. The number of ether oxygens (including phenoxy) is 2. The minimum absolute atomic E-state index is 0.0734. The molecule has 1 aliphatic heterocycles. The predicted molar refractivity (Wildman–Crippen MR) is 114 cm³/mol. The Labute approximate surface area is 183 Å². The number of amides is 1. The highest BCUT2D eigenvalue weighted by Crippen LogP contribution is 2.38. The van der Waals surface area contributed by atoms with Crippen LogP contribution in [0.25, 0.3) is 0 Å². The van der Waals surface area contributed by atoms with Gasteiger partial charge in [-0.2, -0.15) is 13.2 Å². The molecule has 31 heavy (non-hydrogen) atoms. The van der Waals surface area contributed by atoms with Crippen LogP contribution in [0, 0.1) is 5.41 Å². The molecule has 0 saturated carbocycles. The number of halogens is 3. The molecule has 5 nitrogen and oxygen atoms in total. The van der Waals surface area contributed by atoms with E-state index in [4.69, 9.17) is 9.47 Å². The zero-order chi connectivity index (χ0) is 22.7. The van der Waals surface area contributed by atoms with Gasteiger partial charge < -0.3 is 9.47 Å². The third-order valence-corrected chi connectivity index (χ3v) is 5.90. The van der Waals surface area contributed by atoms with Crippen molar-refractivity contribution in [3.05, 3.63) is 23.9 Å². The molecule has 2 heterocycles. The lowest BCUT2D eigenvalue weighted by molar-refractivity contribution is -0.141. The van der Waals surface area contributed by atoms with Gasteiger partial charge in [0.2, 0.25) is 5.91 Å². The van der Waals surface area contributed by atoms with Crippen molar-refractivity contribution in [2.24, 2.45) is 5.41 Å². The second kappa shape index (κ2) is 12.4. The molecule has 1 fully saturated rings. The van der Waals surface area contributed by atoms with Crippen LogP contribution in [0.1, 0.15) is 70.9 Å². The van der Waals surface area contributed by atoms with Gasteiger partial charge in [-0.1, -0.05) is 32.3 Å². The number of alkyl halides is 3. The first-order chi connectivity index (χ1) is 14.8. The number of aromatic nitrogens is 1. The Balaban J connectivity index is 2.12. The van der Waals surface area contributed by atoms with Crippen LogP contribution < -0.4 is 4.90 Å². The Morgan fingerprint density at radius 1 is 1.16 bits per heavy atom. The summed E-state index contributed by atoms with van der Waals surface area (Å²) in [5.74, 6) is -0.140. The van der Waals surface area contributed by atoms with Crippen LogP contribution >= 0.6 is 0 Å². The fraction of sp³-hybridized carbons (Fsp3) is 0.739. The maximum absolute atomic E-state index is 13.2. The zero-order valence-corrected chi connectivity index (χ0v) is 18.7. The summed E-state index contributed by atoms with van der Waals surface area (Å²) < 4.78 is 50.4. The van der Waals surface area contributed by atoms with Crippen LogP contribution in [-0.2, 0) is 20.4 Å². The number of unbranched alkanes of at least 4 members (excludes halogenated alkanes) is 3. The average Bonchev–Trinajstić information content (AvgIpc) is 2.76. The number of carbonyl (C=O) groups excluding carboxylic acids is 1. The van der Waals surface area contributed by atoms with Gasteiger partial charge in [0.15, 0.2) is 0 Å². The van der Waals surface area contributed by atoms with Crippen molar-refractivity contribution >= 4 is 11.7 Å². The topological polar surface area (TPSA) is 51.7 Å². The lowest BCUT2D eigenvalue weighted by Gasteiger charge is -2.41. The number of anilines is 1. The Morgan fingerprint density at radius 2 is 1.87 bits per heavy atom. The monoisotopic (exact) mass is 444 g/mol. The van der Waals surface area contributed by atoms with Gasteiger partial charge in [0, 0.05) is 39.4 Å². The van der Waals surface area contributed by atoms with Crippen molar-refractivity contribution in [2.75, 3.05) is 37.9 Å². The average molecular weight is 445 g/mol. The van der Waals surface area contributed by atoms with E-state index in [0.717, 1.165) is 64.2 Å². The Morgan fingerprint density at radius 3 is 2.52 bits per heavy atom. The molecule has 2 rings (SSSR count). The van der Waals surface area contributed by atoms with Crippen LogP contribution in [0.5, 0.6) is 0 Å². The van der Waals surface area contributed by atoms with E-state index in [1.165, 1.54) is 17.0 Å². The second-order valence-corrected chi connectivity index (χ2v) is 8.19. The normalized spacial score (nSPS) is 16.3. The highest BCUT2D eigenvalue weighted by molar-refractivity contribution is 5.92. The van der Waals surface area contributed by atoms with Gasteiger partial charge in [-0.25, -0.2) is 4.98 Å². The van der Waals surface area contributed by atoms with Crippen LogP contribution in [0.15, 0.2) is 18.2 Å². The number of rotatable bonds is 12. The molecule has 1 saturated heterocycles. The standard InChI is InChI=1S/C23H35F3N2O3/c1-3-21(29)28(20-11-9-10-19(27-20)23(24,25)26)18-22(13-16-31-17-14-22)12-7-5-6-8-15-30-4-2/h9-11H,3-8,12-18H2,1-2H3. The Bertz CT molecular complexity index is 676. The van der Waals surface area contributed by atoms with Gasteiger partial charge in [0.05, 0.1) is 0 Å². The first kappa shape index (κ1) is 25.6. The molecule has 0 aromatic carbocycles. The van der Waals surface area contributed by atoms with Crippen molar-refractivity contribution in [1.82, 2.24) is 4.98 Å². The van der Waals surface area contributed by atoms with Crippen molar-refractivity contribution in [2.45, 2.75) is 71.4 Å². The molecule has 0 aliphatic carbocycles. The maximum atomic E-state index is 13.2. The molecule has 1 aromatic heterocycles. The van der Waals surface area contributed by atoms with Crippen molar-refractivity contribution in [3.63, 3.8) is 0 Å². The highest BCUT2D eigenvalue weighted by Gasteiger charge is 2.37. The van der Waals surface area contributed by atoms with E-state index < -0.39 is 11.9 Å². The van der Waals surface area contributed by atoms with Crippen molar-refractivity contribution in [3.8, 4) is 0 Å². The van der Waals surface area contributed by atoms with Gasteiger partial charge in [-0.3, -0.25) is 9.69 Å². The molecule has 0 radical (unpaired) electrons. The van der Waals surface area contributed by atoms with Gasteiger partial charge in [-0.05, 0) is 50.2 Å². The van der Waals surface area contributed by atoms with Gasteiger partial charge in [0.1, 0.15) is 11.5 Å². The SMILES string of the molecule is CCOCCCCCCC1(CN(C(=O)CC)c2cccc(C(F)(F)F)n2)CCOCC1. The minimum Gasteiger partial charge on any atom is -0.382 e. The number of hydrogen-bond donors (Lipinski definition) is 0. The van der Waals surface area contributed by atoms with Gasteiger partial charge >= 0.3 is 6.18 Å². The van der Waals surface area contributed by atoms with Crippen LogP contribution in [0.2, 0.25) is 0 Å². The molecule has 0 spiro atoms. The molecule has 0 atom stereocenters.